The van der Waals surface area contributed by atoms with Crippen molar-refractivity contribution < 1.29 is 14.1 Å². The Morgan fingerprint density at radius 2 is 1.81 bits per heavy atom. The summed E-state index contributed by atoms with van der Waals surface area (Å²) in [5, 5.41) is 7.10. The van der Waals surface area contributed by atoms with Crippen molar-refractivity contribution in [3.8, 4) is 28.2 Å². The van der Waals surface area contributed by atoms with E-state index in [0.29, 0.717) is 11.5 Å². The SMILES string of the molecule is CC1Cc2cc(-c3cc(CC(=O)Nc4ccccc4-c4ccccc4)no3)ccc2O1. The quantitative estimate of drug-likeness (QED) is 0.471. The van der Waals surface area contributed by atoms with Crippen LogP contribution in [0, 0.1) is 0 Å². The van der Waals surface area contributed by atoms with Gasteiger partial charge in [0, 0.05) is 29.3 Å². The van der Waals surface area contributed by atoms with E-state index in [1.54, 1.807) is 0 Å². The standard InChI is InChI=1S/C26H22N2O3/c1-17-13-20-14-19(11-12-24(20)30-17)25-15-21(28-31-25)16-26(29)27-23-10-6-5-9-22(23)18-7-3-2-4-8-18/h2-12,14-15,17H,13,16H2,1H3,(H,27,29). The first kappa shape index (κ1) is 19.1. The van der Waals surface area contributed by atoms with Crippen LogP contribution >= 0.6 is 0 Å². The minimum absolute atomic E-state index is 0.137. The number of nitrogens with one attached hydrogen (secondary N) is 1. The van der Waals surface area contributed by atoms with Crippen LogP contribution in [0.3, 0.4) is 0 Å². The predicted molar refractivity (Wildman–Crippen MR) is 120 cm³/mol. The predicted octanol–water partition coefficient (Wildman–Crippen LogP) is 5.51. The number of rotatable bonds is 5. The Bertz CT molecular complexity index is 1230. The smallest absolute Gasteiger partial charge is 0.230 e. The minimum atomic E-state index is -0.139. The summed E-state index contributed by atoms with van der Waals surface area (Å²) in [5.74, 6) is 1.43. The number of para-hydroxylation sites is 1. The van der Waals surface area contributed by atoms with E-state index in [1.165, 1.54) is 5.56 Å². The zero-order valence-corrected chi connectivity index (χ0v) is 17.2. The second-order valence-electron chi connectivity index (χ2n) is 7.77. The molecule has 1 atom stereocenters. The maximum Gasteiger partial charge on any atom is 0.230 e. The van der Waals surface area contributed by atoms with E-state index in [1.807, 2.05) is 72.8 Å². The number of fused-ring (bicyclic) bond motifs is 1. The topological polar surface area (TPSA) is 64.4 Å². The fourth-order valence-electron chi connectivity index (χ4n) is 3.93. The van der Waals surface area contributed by atoms with Crippen molar-refractivity contribution in [2.75, 3.05) is 5.32 Å². The summed E-state index contributed by atoms with van der Waals surface area (Å²) >= 11 is 0. The Kier molecular flexibility index (Phi) is 5.00. The molecule has 154 valence electrons. The van der Waals surface area contributed by atoms with E-state index < -0.39 is 0 Å². The van der Waals surface area contributed by atoms with Crippen LogP contribution in [0.5, 0.6) is 5.75 Å². The summed E-state index contributed by atoms with van der Waals surface area (Å²) in [6.45, 7) is 2.06. The maximum atomic E-state index is 12.7. The molecular weight excluding hydrogens is 388 g/mol. The molecule has 4 aromatic rings. The van der Waals surface area contributed by atoms with E-state index in [-0.39, 0.29) is 18.4 Å². The number of carbonyl (C=O) groups excluding carboxylic acids is 1. The van der Waals surface area contributed by atoms with Crippen LogP contribution in [-0.4, -0.2) is 17.2 Å². The van der Waals surface area contributed by atoms with Gasteiger partial charge in [-0.2, -0.15) is 0 Å². The highest BCUT2D eigenvalue weighted by molar-refractivity contribution is 5.96. The first-order chi connectivity index (χ1) is 15.2. The zero-order valence-electron chi connectivity index (χ0n) is 17.2. The van der Waals surface area contributed by atoms with Crippen LogP contribution in [-0.2, 0) is 17.6 Å². The summed E-state index contributed by atoms with van der Waals surface area (Å²) in [6, 6.07) is 25.6. The molecular formula is C26H22N2O3. The average Bonchev–Trinajstić information content (AvgIpc) is 3.39. The summed E-state index contributed by atoms with van der Waals surface area (Å²) in [4.78, 5) is 12.7. The normalized spacial score (nSPS) is 14.7. The summed E-state index contributed by atoms with van der Waals surface area (Å²) in [5.41, 5.74) is 5.50. The molecule has 0 fully saturated rings. The molecule has 1 N–H and O–H groups in total. The van der Waals surface area contributed by atoms with E-state index in [2.05, 4.69) is 23.5 Å². The maximum absolute atomic E-state index is 12.7. The molecule has 1 aliphatic heterocycles. The van der Waals surface area contributed by atoms with Crippen molar-refractivity contribution in [1.82, 2.24) is 5.16 Å². The molecule has 1 amide bonds. The Hall–Kier alpha value is -3.86. The molecule has 5 heteroatoms. The Morgan fingerprint density at radius 1 is 1.00 bits per heavy atom. The fourth-order valence-corrected chi connectivity index (χ4v) is 3.93. The molecule has 1 aromatic heterocycles. The number of aromatic nitrogens is 1. The highest BCUT2D eigenvalue weighted by Crippen LogP contribution is 2.33. The third-order valence-corrected chi connectivity index (χ3v) is 5.37. The highest BCUT2D eigenvalue weighted by Gasteiger charge is 2.20. The van der Waals surface area contributed by atoms with Gasteiger partial charge in [0.1, 0.15) is 11.9 Å². The van der Waals surface area contributed by atoms with E-state index in [0.717, 1.165) is 34.5 Å². The number of hydrogen-bond donors (Lipinski definition) is 1. The molecule has 0 saturated carbocycles. The zero-order chi connectivity index (χ0) is 21.2. The molecule has 0 saturated heterocycles. The molecule has 31 heavy (non-hydrogen) atoms. The first-order valence-corrected chi connectivity index (χ1v) is 10.4. The lowest BCUT2D eigenvalue weighted by molar-refractivity contribution is -0.115. The number of hydrogen-bond acceptors (Lipinski definition) is 4. The van der Waals surface area contributed by atoms with Gasteiger partial charge in [0.15, 0.2) is 5.76 Å². The largest absolute Gasteiger partial charge is 0.490 e. The van der Waals surface area contributed by atoms with E-state index >= 15 is 0 Å². The third-order valence-electron chi connectivity index (χ3n) is 5.37. The monoisotopic (exact) mass is 410 g/mol. The Balaban J connectivity index is 1.30. The number of ether oxygens (including phenoxy) is 1. The van der Waals surface area contributed by atoms with Crippen molar-refractivity contribution >= 4 is 11.6 Å². The van der Waals surface area contributed by atoms with Gasteiger partial charge in [0.2, 0.25) is 5.91 Å². The van der Waals surface area contributed by atoms with Crippen molar-refractivity contribution in [2.45, 2.75) is 25.9 Å². The van der Waals surface area contributed by atoms with Crippen molar-refractivity contribution in [1.29, 1.82) is 0 Å². The second kappa shape index (κ2) is 8.11. The number of carbonyl (C=O) groups is 1. The summed E-state index contributed by atoms with van der Waals surface area (Å²) in [7, 11) is 0. The molecule has 1 unspecified atom stereocenters. The fraction of sp³-hybridized carbons (Fsp3) is 0.154. The first-order valence-electron chi connectivity index (χ1n) is 10.4. The van der Waals surface area contributed by atoms with Crippen LogP contribution in [0.15, 0.2) is 83.4 Å². The van der Waals surface area contributed by atoms with Gasteiger partial charge in [-0.3, -0.25) is 4.79 Å². The molecule has 0 bridgehead atoms. The van der Waals surface area contributed by atoms with Gasteiger partial charge < -0.3 is 14.6 Å². The lowest BCUT2D eigenvalue weighted by Crippen LogP contribution is -2.15. The van der Waals surface area contributed by atoms with Crippen molar-refractivity contribution in [2.24, 2.45) is 0 Å². The van der Waals surface area contributed by atoms with Crippen LogP contribution in [0.1, 0.15) is 18.2 Å². The van der Waals surface area contributed by atoms with Gasteiger partial charge in [0.25, 0.3) is 0 Å². The Morgan fingerprint density at radius 3 is 2.68 bits per heavy atom. The van der Waals surface area contributed by atoms with Crippen LogP contribution in [0.25, 0.3) is 22.5 Å². The average molecular weight is 410 g/mol. The number of benzene rings is 3. The van der Waals surface area contributed by atoms with E-state index in [4.69, 9.17) is 9.26 Å². The van der Waals surface area contributed by atoms with Gasteiger partial charge >= 0.3 is 0 Å². The third kappa shape index (κ3) is 4.08. The van der Waals surface area contributed by atoms with Gasteiger partial charge in [-0.1, -0.05) is 53.7 Å². The molecule has 3 aromatic carbocycles. The number of anilines is 1. The molecule has 0 aliphatic carbocycles. The second-order valence-corrected chi connectivity index (χ2v) is 7.77. The summed E-state index contributed by atoms with van der Waals surface area (Å²) < 4.78 is 11.3. The molecule has 5 nitrogen and oxygen atoms in total. The van der Waals surface area contributed by atoms with Crippen molar-refractivity contribution in [3.05, 3.63) is 90.1 Å². The molecule has 1 aliphatic rings. The van der Waals surface area contributed by atoms with Crippen LogP contribution in [0.2, 0.25) is 0 Å². The summed E-state index contributed by atoms with van der Waals surface area (Å²) in [6.07, 6.45) is 1.21. The molecule has 0 spiro atoms. The molecule has 2 heterocycles. The molecule has 0 radical (unpaired) electrons. The van der Waals surface area contributed by atoms with Gasteiger partial charge in [-0.15, -0.1) is 0 Å². The minimum Gasteiger partial charge on any atom is -0.490 e. The van der Waals surface area contributed by atoms with Gasteiger partial charge in [-0.05, 0) is 42.3 Å². The van der Waals surface area contributed by atoms with Gasteiger partial charge in [-0.25, -0.2) is 0 Å². The molecule has 5 rings (SSSR count). The Labute approximate surface area is 180 Å². The van der Waals surface area contributed by atoms with E-state index in [9.17, 15) is 4.79 Å². The van der Waals surface area contributed by atoms with Gasteiger partial charge in [0.05, 0.1) is 12.1 Å². The lowest BCUT2D eigenvalue weighted by Gasteiger charge is -2.10. The lowest BCUT2D eigenvalue weighted by atomic mass is 10.0. The number of amides is 1. The highest BCUT2D eigenvalue weighted by atomic mass is 16.5. The van der Waals surface area contributed by atoms with Crippen molar-refractivity contribution in [3.63, 3.8) is 0 Å². The number of nitrogens with zero attached hydrogens (tertiary/aromatic N) is 1. The van der Waals surface area contributed by atoms with Crippen LogP contribution < -0.4 is 10.1 Å². The van der Waals surface area contributed by atoms with Crippen LogP contribution in [0.4, 0.5) is 5.69 Å².